The highest BCUT2D eigenvalue weighted by Gasteiger charge is 2.07. The van der Waals surface area contributed by atoms with Crippen LogP contribution in [0.1, 0.15) is 4.88 Å². The van der Waals surface area contributed by atoms with Crippen molar-refractivity contribution in [1.29, 1.82) is 0 Å². The van der Waals surface area contributed by atoms with Crippen LogP contribution in [0.2, 0.25) is 0 Å². The molecule has 0 N–H and O–H groups in total. The van der Waals surface area contributed by atoms with Crippen molar-refractivity contribution in [3.63, 3.8) is 0 Å². The number of hydrogen-bond donors (Lipinski definition) is 0. The number of fused-ring (bicyclic) bond motifs is 3. The van der Waals surface area contributed by atoms with E-state index in [-0.39, 0.29) is 0 Å². The number of hydrogen-bond acceptors (Lipinski definition) is 2. The minimum absolute atomic E-state index is 0.881. The van der Waals surface area contributed by atoms with Crippen molar-refractivity contribution in [2.45, 2.75) is 0 Å². The van der Waals surface area contributed by atoms with E-state index < -0.39 is 0 Å². The Bertz CT molecular complexity index is 1240. The topological polar surface area (TPSA) is 14.2 Å². The van der Waals surface area contributed by atoms with E-state index in [2.05, 4.69) is 89.6 Å². The van der Waals surface area contributed by atoms with Crippen LogP contribution in [0, 0.1) is 0 Å². The number of ether oxygens (including phenoxy) is 1. The van der Waals surface area contributed by atoms with E-state index in [1.54, 1.807) is 18.4 Å². The molecule has 28 heavy (non-hydrogen) atoms. The molecule has 0 aliphatic heterocycles. The van der Waals surface area contributed by atoms with E-state index in [0.29, 0.717) is 0 Å². The van der Waals surface area contributed by atoms with Crippen LogP contribution >= 0.6 is 11.3 Å². The summed E-state index contributed by atoms with van der Waals surface area (Å²) in [6, 6.07) is 29.7. The molecule has 0 spiro atoms. The number of methoxy groups -OCH3 is 1. The molecule has 0 aliphatic carbocycles. The van der Waals surface area contributed by atoms with E-state index in [0.717, 1.165) is 5.75 Å². The van der Waals surface area contributed by atoms with Crippen LogP contribution in [0.25, 0.3) is 44.5 Å². The Labute approximate surface area is 167 Å². The predicted octanol–water partition coefficient (Wildman–Crippen LogP) is 7.16. The Morgan fingerprint density at radius 2 is 1.39 bits per heavy atom. The Kier molecular flexibility index (Phi) is 4.22. The number of benzene rings is 3. The van der Waals surface area contributed by atoms with Crippen LogP contribution in [0.5, 0.6) is 5.75 Å². The zero-order valence-corrected chi connectivity index (χ0v) is 16.3. The van der Waals surface area contributed by atoms with Crippen LogP contribution in [-0.2, 0) is 0 Å². The lowest BCUT2D eigenvalue weighted by Crippen LogP contribution is -1.84. The number of para-hydroxylation sites is 2. The molecule has 3 aromatic carbocycles. The van der Waals surface area contributed by atoms with Gasteiger partial charge in [0.15, 0.2) is 0 Å². The summed E-state index contributed by atoms with van der Waals surface area (Å²) in [5, 5.41) is 2.57. The standard InChI is InChI=1S/C25H19NOS/c1-27-19-12-10-18(11-13-19)25-15-14-20(28-25)16-17-26-23-8-4-2-6-21(23)22-7-3-5-9-24(22)26/h2-17H,1H3/b17-16+. The molecular weight excluding hydrogens is 362 g/mol. The van der Waals surface area contributed by atoms with Gasteiger partial charge in [-0.3, -0.25) is 0 Å². The molecule has 0 saturated heterocycles. The van der Waals surface area contributed by atoms with Crippen molar-refractivity contribution < 1.29 is 4.74 Å². The number of aromatic nitrogens is 1. The molecule has 0 unspecified atom stereocenters. The maximum Gasteiger partial charge on any atom is 0.118 e. The van der Waals surface area contributed by atoms with Crippen molar-refractivity contribution in [3.05, 3.63) is 89.8 Å². The molecule has 0 bridgehead atoms. The van der Waals surface area contributed by atoms with E-state index in [4.69, 9.17) is 4.74 Å². The summed E-state index contributed by atoms with van der Waals surface area (Å²) in [4.78, 5) is 2.48. The fourth-order valence-electron chi connectivity index (χ4n) is 3.61. The molecule has 2 aromatic heterocycles. The number of nitrogens with zero attached hydrogens (tertiary/aromatic N) is 1. The molecule has 2 nitrogen and oxygen atoms in total. The van der Waals surface area contributed by atoms with Gasteiger partial charge in [-0.25, -0.2) is 0 Å². The van der Waals surface area contributed by atoms with Gasteiger partial charge in [-0.2, -0.15) is 0 Å². The molecule has 5 rings (SSSR count). The molecule has 0 amide bonds. The SMILES string of the molecule is COc1ccc(-c2ccc(/C=C/n3c4ccccc4c4ccccc43)s2)cc1. The van der Waals surface area contributed by atoms with Crippen LogP contribution in [-0.4, -0.2) is 11.7 Å². The first kappa shape index (κ1) is 16.8. The Morgan fingerprint density at radius 1 is 0.750 bits per heavy atom. The molecule has 5 aromatic rings. The second kappa shape index (κ2) is 7.02. The summed E-state index contributed by atoms with van der Waals surface area (Å²) >= 11 is 1.79. The molecule has 2 heterocycles. The van der Waals surface area contributed by atoms with Crippen molar-refractivity contribution in [2.75, 3.05) is 7.11 Å². The average molecular weight is 382 g/mol. The van der Waals surface area contributed by atoms with Crippen LogP contribution in [0.3, 0.4) is 0 Å². The summed E-state index contributed by atoms with van der Waals surface area (Å²) in [7, 11) is 1.69. The minimum Gasteiger partial charge on any atom is -0.497 e. The minimum atomic E-state index is 0.881. The van der Waals surface area contributed by atoms with Gasteiger partial charge in [0, 0.05) is 26.7 Å². The van der Waals surface area contributed by atoms with Gasteiger partial charge in [-0.05, 0) is 60.2 Å². The maximum absolute atomic E-state index is 5.25. The zero-order chi connectivity index (χ0) is 18.9. The van der Waals surface area contributed by atoms with Crippen molar-refractivity contribution in [3.8, 4) is 16.2 Å². The molecule has 0 aliphatic rings. The first-order chi connectivity index (χ1) is 13.8. The highest BCUT2D eigenvalue weighted by molar-refractivity contribution is 7.16. The third-order valence-electron chi connectivity index (χ3n) is 5.01. The van der Waals surface area contributed by atoms with Gasteiger partial charge in [0.25, 0.3) is 0 Å². The second-order valence-corrected chi connectivity index (χ2v) is 7.77. The van der Waals surface area contributed by atoms with E-state index in [1.165, 1.54) is 37.1 Å². The highest BCUT2D eigenvalue weighted by atomic mass is 32.1. The highest BCUT2D eigenvalue weighted by Crippen LogP contribution is 2.32. The normalized spacial score (nSPS) is 11.6. The van der Waals surface area contributed by atoms with E-state index >= 15 is 0 Å². The lowest BCUT2D eigenvalue weighted by Gasteiger charge is -2.01. The lowest BCUT2D eigenvalue weighted by molar-refractivity contribution is 0.415. The largest absolute Gasteiger partial charge is 0.497 e. The van der Waals surface area contributed by atoms with E-state index in [9.17, 15) is 0 Å². The second-order valence-electron chi connectivity index (χ2n) is 6.65. The summed E-state index contributed by atoms with van der Waals surface area (Å²) in [5.74, 6) is 0.881. The monoisotopic (exact) mass is 381 g/mol. The molecule has 0 saturated carbocycles. The van der Waals surface area contributed by atoms with Gasteiger partial charge in [0.2, 0.25) is 0 Å². The number of rotatable bonds is 4. The smallest absolute Gasteiger partial charge is 0.118 e. The summed E-state index contributed by atoms with van der Waals surface area (Å²) < 4.78 is 7.53. The molecule has 0 atom stereocenters. The third-order valence-corrected chi connectivity index (χ3v) is 6.11. The predicted molar refractivity (Wildman–Crippen MR) is 121 cm³/mol. The third kappa shape index (κ3) is 2.90. The van der Waals surface area contributed by atoms with Crippen LogP contribution in [0.15, 0.2) is 84.9 Å². The van der Waals surface area contributed by atoms with E-state index in [1.807, 2.05) is 12.1 Å². The Morgan fingerprint density at radius 3 is 2.04 bits per heavy atom. The number of thiophene rings is 1. The zero-order valence-electron chi connectivity index (χ0n) is 15.5. The summed E-state index contributed by atoms with van der Waals surface area (Å²) in [6.07, 6.45) is 4.37. The fraction of sp³-hybridized carbons (Fsp3) is 0.0400. The van der Waals surface area contributed by atoms with Gasteiger partial charge >= 0.3 is 0 Å². The Hall–Kier alpha value is -3.30. The molecule has 136 valence electrons. The maximum atomic E-state index is 5.25. The Balaban J connectivity index is 1.52. The lowest BCUT2D eigenvalue weighted by atomic mass is 10.2. The van der Waals surface area contributed by atoms with Crippen molar-refractivity contribution in [2.24, 2.45) is 0 Å². The summed E-state index contributed by atoms with van der Waals surface area (Å²) in [6.45, 7) is 0. The van der Waals surface area contributed by atoms with Crippen molar-refractivity contribution >= 4 is 45.4 Å². The van der Waals surface area contributed by atoms with Gasteiger partial charge in [0.05, 0.1) is 18.1 Å². The van der Waals surface area contributed by atoms with Crippen LogP contribution < -0.4 is 4.74 Å². The van der Waals surface area contributed by atoms with Gasteiger partial charge in [-0.15, -0.1) is 11.3 Å². The average Bonchev–Trinajstić information content (AvgIpc) is 3.35. The molecule has 3 heteroatoms. The quantitative estimate of drug-likeness (QED) is 0.322. The fourth-order valence-corrected chi connectivity index (χ4v) is 4.52. The van der Waals surface area contributed by atoms with Gasteiger partial charge in [-0.1, -0.05) is 36.4 Å². The molecule has 0 radical (unpaired) electrons. The van der Waals surface area contributed by atoms with Gasteiger partial charge < -0.3 is 9.30 Å². The van der Waals surface area contributed by atoms with Gasteiger partial charge in [0.1, 0.15) is 5.75 Å². The first-order valence-corrected chi connectivity index (χ1v) is 10.1. The summed E-state index contributed by atoms with van der Waals surface area (Å²) in [5.41, 5.74) is 3.67. The van der Waals surface area contributed by atoms with Crippen LogP contribution in [0.4, 0.5) is 0 Å². The molecule has 0 fully saturated rings. The first-order valence-electron chi connectivity index (χ1n) is 9.23. The van der Waals surface area contributed by atoms with Crippen molar-refractivity contribution in [1.82, 2.24) is 4.57 Å². The molecular formula is C25H19NOS.